The number of carbonyl (C=O) groups is 1. The molecule has 1 rings (SSSR count). The largest absolute Gasteiger partial charge is 0.573 e. The van der Waals surface area contributed by atoms with E-state index in [4.69, 9.17) is 11.6 Å². The van der Waals surface area contributed by atoms with Gasteiger partial charge in [0.25, 0.3) is 0 Å². The van der Waals surface area contributed by atoms with Gasteiger partial charge in [0.2, 0.25) is 0 Å². The van der Waals surface area contributed by atoms with Crippen LogP contribution in [0.2, 0.25) is 0 Å². The molecule has 0 saturated heterocycles. The van der Waals surface area contributed by atoms with Gasteiger partial charge in [-0.2, -0.15) is 0 Å². The molecular weight excluding hydrogens is 361 g/mol. The van der Waals surface area contributed by atoms with E-state index in [0.717, 1.165) is 6.07 Å². The molecule has 0 unspecified atom stereocenters. The number of rotatable bonds is 3. The van der Waals surface area contributed by atoms with Gasteiger partial charge in [0, 0.05) is 6.07 Å². The van der Waals surface area contributed by atoms with E-state index >= 15 is 0 Å². The van der Waals surface area contributed by atoms with Crippen molar-refractivity contribution >= 4 is 40.5 Å². The van der Waals surface area contributed by atoms with Crippen molar-refractivity contribution in [2.24, 2.45) is 0 Å². The Bertz CT molecular complexity index is 411. The summed E-state index contributed by atoms with van der Waals surface area (Å²) in [5, 5.41) is 0. The number of hydrogen-bond donors (Lipinski definition) is 0. The molecule has 0 aliphatic carbocycles. The molecule has 0 saturated carbocycles. The number of halogens is 5. The summed E-state index contributed by atoms with van der Waals surface area (Å²) in [5.74, 6) is -0.652. The van der Waals surface area contributed by atoms with Gasteiger partial charge < -0.3 is 4.74 Å². The third-order valence-corrected chi connectivity index (χ3v) is 2.60. The normalized spacial score (nSPS) is 11.3. The van der Waals surface area contributed by atoms with Gasteiger partial charge in [-0.25, -0.2) is 4.98 Å². The molecule has 0 aromatic carbocycles. The van der Waals surface area contributed by atoms with Crippen molar-refractivity contribution < 1.29 is 22.7 Å². The van der Waals surface area contributed by atoms with Crippen LogP contribution in [0.3, 0.4) is 0 Å². The number of hydrogen-bond acceptors (Lipinski definition) is 3. The predicted molar refractivity (Wildman–Crippen MR) is 58.6 cm³/mol. The summed E-state index contributed by atoms with van der Waals surface area (Å²) in [6.07, 6.45) is -4.60. The number of carbonyl (C=O) groups excluding carboxylic acids is 1. The van der Waals surface area contributed by atoms with Crippen molar-refractivity contribution in [1.29, 1.82) is 0 Å². The Kier molecular flexibility index (Phi) is 4.36. The average Bonchev–Trinajstić information content (AvgIpc) is 2.14. The second kappa shape index (κ2) is 5.17. The van der Waals surface area contributed by atoms with Gasteiger partial charge in [0.15, 0.2) is 6.29 Å². The van der Waals surface area contributed by atoms with Crippen molar-refractivity contribution in [2.45, 2.75) is 12.2 Å². The minimum absolute atomic E-state index is 0.0661. The molecule has 0 atom stereocenters. The molecule has 1 heterocycles. The maximum Gasteiger partial charge on any atom is 0.573 e. The Labute approximate surface area is 107 Å². The number of pyridine rings is 1. The van der Waals surface area contributed by atoms with Crippen LogP contribution in [0.25, 0.3) is 0 Å². The first-order chi connectivity index (χ1) is 7.37. The Hall–Kier alpha value is -0.570. The maximum absolute atomic E-state index is 12.0. The zero-order chi connectivity index (χ0) is 12.3. The van der Waals surface area contributed by atoms with Crippen LogP contribution in [0.4, 0.5) is 13.2 Å². The van der Waals surface area contributed by atoms with Gasteiger partial charge in [-0.05, 0) is 22.6 Å². The van der Waals surface area contributed by atoms with Crippen molar-refractivity contribution in [3.63, 3.8) is 0 Å². The smallest absolute Gasteiger partial charge is 0.405 e. The molecule has 16 heavy (non-hydrogen) atoms. The van der Waals surface area contributed by atoms with Gasteiger partial charge in [-0.3, -0.25) is 4.79 Å². The summed E-state index contributed by atoms with van der Waals surface area (Å²) < 4.78 is 39.9. The van der Waals surface area contributed by atoms with Crippen molar-refractivity contribution in [3.05, 3.63) is 21.0 Å². The lowest BCUT2D eigenvalue weighted by Gasteiger charge is -2.12. The molecule has 0 spiro atoms. The molecule has 3 nitrogen and oxygen atoms in total. The summed E-state index contributed by atoms with van der Waals surface area (Å²) in [7, 11) is 0. The molecule has 88 valence electrons. The van der Waals surface area contributed by atoms with E-state index in [1.54, 1.807) is 22.6 Å². The van der Waals surface area contributed by atoms with Gasteiger partial charge in [0.05, 0.1) is 17.1 Å². The van der Waals surface area contributed by atoms with Crippen molar-refractivity contribution in [1.82, 2.24) is 4.98 Å². The summed E-state index contributed by atoms with van der Waals surface area (Å²) in [4.78, 5) is 14.4. The second-order valence-corrected chi connectivity index (χ2v) is 3.90. The van der Waals surface area contributed by atoms with E-state index in [0.29, 0.717) is 0 Å². The molecule has 0 amide bonds. The molecule has 0 N–H and O–H groups in total. The van der Waals surface area contributed by atoms with Crippen LogP contribution in [-0.4, -0.2) is 17.6 Å². The quantitative estimate of drug-likeness (QED) is 0.358. The molecule has 0 bridgehead atoms. The summed E-state index contributed by atoms with van der Waals surface area (Å²) in [5.41, 5.74) is -0.0392. The van der Waals surface area contributed by atoms with Gasteiger partial charge >= 0.3 is 6.36 Å². The topological polar surface area (TPSA) is 39.2 Å². The fourth-order valence-electron chi connectivity index (χ4n) is 0.934. The monoisotopic (exact) mass is 365 g/mol. The fourth-order valence-corrected chi connectivity index (χ4v) is 1.77. The van der Waals surface area contributed by atoms with E-state index < -0.39 is 12.1 Å². The van der Waals surface area contributed by atoms with Gasteiger partial charge in [-0.1, -0.05) is 0 Å². The lowest BCUT2D eigenvalue weighted by atomic mass is 10.2. The molecule has 0 aliphatic heterocycles. The summed E-state index contributed by atoms with van der Waals surface area (Å²) in [6.45, 7) is 0. The molecular formula is C8H4ClF3INO2. The Morgan fingerprint density at radius 3 is 2.62 bits per heavy atom. The second-order valence-electron chi connectivity index (χ2n) is 2.62. The van der Waals surface area contributed by atoms with E-state index in [9.17, 15) is 18.0 Å². The molecule has 1 aromatic heterocycles. The lowest BCUT2D eigenvalue weighted by Crippen LogP contribution is -2.19. The SMILES string of the molecule is O=Cc1c(OC(F)(F)F)cc(CCl)nc1I. The first kappa shape index (κ1) is 13.5. The average molecular weight is 365 g/mol. The number of ether oxygens (including phenoxy) is 1. The first-order valence-corrected chi connectivity index (χ1v) is 5.45. The van der Waals surface area contributed by atoms with Crippen LogP contribution in [0, 0.1) is 3.70 Å². The molecule has 8 heteroatoms. The molecule has 0 aliphatic rings. The number of aromatic nitrogens is 1. The highest BCUT2D eigenvalue weighted by Gasteiger charge is 2.32. The molecule has 1 aromatic rings. The van der Waals surface area contributed by atoms with Crippen LogP contribution < -0.4 is 4.74 Å². The third-order valence-electron chi connectivity index (χ3n) is 1.51. The third kappa shape index (κ3) is 3.48. The first-order valence-electron chi connectivity index (χ1n) is 3.83. The van der Waals surface area contributed by atoms with Crippen LogP contribution in [0.1, 0.15) is 16.1 Å². The Morgan fingerprint density at radius 1 is 1.56 bits per heavy atom. The van der Waals surface area contributed by atoms with Crippen LogP contribution in [-0.2, 0) is 5.88 Å². The highest BCUT2D eigenvalue weighted by molar-refractivity contribution is 14.1. The highest BCUT2D eigenvalue weighted by Crippen LogP contribution is 2.28. The standard InChI is InChI=1S/C8H4ClF3INO2/c9-2-4-1-6(16-8(10,11)12)5(3-15)7(13)14-4/h1,3H,2H2. The van der Waals surface area contributed by atoms with E-state index in [1.807, 2.05) is 0 Å². The number of nitrogens with zero attached hydrogens (tertiary/aromatic N) is 1. The Morgan fingerprint density at radius 2 is 2.19 bits per heavy atom. The minimum Gasteiger partial charge on any atom is -0.405 e. The zero-order valence-electron chi connectivity index (χ0n) is 7.52. The summed E-state index contributed by atoms with van der Waals surface area (Å²) in [6, 6.07) is 0.992. The van der Waals surface area contributed by atoms with Gasteiger partial charge in [-0.15, -0.1) is 24.8 Å². The van der Waals surface area contributed by atoms with Crippen LogP contribution in [0.5, 0.6) is 5.75 Å². The number of aldehydes is 1. The van der Waals surface area contributed by atoms with E-state index in [-0.39, 0.29) is 27.1 Å². The molecule has 0 fully saturated rings. The molecule has 0 radical (unpaired) electrons. The fraction of sp³-hybridized carbons (Fsp3) is 0.250. The predicted octanol–water partition coefficient (Wildman–Crippen LogP) is 3.14. The van der Waals surface area contributed by atoms with Gasteiger partial charge in [0.1, 0.15) is 9.45 Å². The van der Waals surface area contributed by atoms with E-state index in [1.165, 1.54) is 0 Å². The van der Waals surface area contributed by atoms with Crippen LogP contribution >= 0.6 is 34.2 Å². The van der Waals surface area contributed by atoms with Crippen LogP contribution in [0.15, 0.2) is 6.07 Å². The maximum atomic E-state index is 12.0. The summed E-state index contributed by atoms with van der Waals surface area (Å²) >= 11 is 7.08. The number of alkyl halides is 4. The highest BCUT2D eigenvalue weighted by atomic mass is 127. The zero-order valence-corrected chi connectivity index (χ0v) is 10.4. The Balaban J connectivity index is 3.23. The minimum atomic E-state index is -4.86. The van der Waals surface area contributed by atoms with Crippen molar-refractivity contribution in [2.75, 3.05) is 0 Å². The van der Waals surface area contributed by atoms with E-state index in [2.05, 4.69) is 9.72 Å². The van der Waals surface area contributed by atoms with Crippen molar-refractivity contribution in [3.8, 4) is 5.75 Å². The lowest BCUT2D eigenvalue weighted by molar-refractivity contribution is -0.274.